The predicted molar refractivity (Wildman–Crippen MR) is 54.5 cm³/mol. The van der Waals surface area contributed by atoms with Crippen LogP contribution in [0.4, 0.5) is 0 Å². The minimum absolute atomic E-state index is 0.221. The van der Waals surface area contributed by atoms with Crippen molar-refractivity contribution in [2.24, 2.45) is 19.8 Å². The van der Waals surface area contributed by atoms with E-state index in [1.165, 1.54) is 4.57 Å². The molecule has 0 atom stereocenters. The molecule has 0 aliphatic rings. The average molecular weight is 209 g/mol. The van der Waals surface area contributed by atoms with Gasteiger partial charge in [-0.2, -0.15) is 0 Å². The first-order valence-corrected chi connectivity index (χ1v) is 4.41. The Hall–Kier alpha value is -1.89. The zero-order chi connectivity index (χ0) is 11.2. The van der Waals surface area contributed by atoms with Gasteiger partial charge in [-0.25, -0.2) is 9.78 Å². The Balaban J connectivity index is 3.07. The number of rotatable bonds is 1. The largest absolute Gasteiger partial charge is 0.329 e. The third kappa shape index (κ3) is 1.20. The second-order valence-electron chi connectivity index (χ2n) is 3.28. The number of nitrogens with zero attached hydrogens (tertiary/aromatic N) is 3. The van der Waals surface area contributed by atoms with Gasteiger partial charge >= 0.3 is 5.69 Å². The van der Waals surface area contributed by atoms with Crippen molar-refractivity contribution >= 4 is 11.2 Å². The first-order valence-electron chi connectivity index (χ1n) is 4.41. The van der Waals surface area contributed by atoms with E-state index < -0.39 is 11.2 Å². The van der Waals surface area contributed by atoms with Gasteiger partial charge in [-0.05, 0) is 0 Å². The van der Waals surface area contributed by atoms with Crippen molar-refractivity contribution in [2.45, 2.75) is 6.54 Å². The minimum atomic E-state index is -0.478. The van der Waals surface area contributed by atoms with Crippen molar-refractivity contribution in [1.29, 1.82) is 0 Å². The lowest BCUT2D eigenvalue weighted by Crippen LogP contribution is -2.29. The third-order valence-corrected chi connectivity index (χ3v) is 2.41. The van der Waals surface area contributed by atoms with E-state index in [-0.39, 0.29) is 6.54 Å². The maximum absolute atomic E-state index is 11.5. The fourth-order valence-corrected chi connectivity index (χ4v) is 1.54. The summed E-state index contributed by atoms with van der Waals surface area (Å²) in [7, 11) is 3.24. The summed E-state index contributed by atoms with van der Waals surface area (Å²) < 4.78 is 2.88. The van der Waals surface area contributed by atoms with E-state index in [1.54, 1.807) is 18.7 Å². The molecule has 0 amide bonds. The van der Waals surface area contributed by atoms with Crippen LogP contribution in [-0.2, 0) is 20.6 Å². The van der Waals surface area contributed by atoms with Crippen LogP contribution in [0.15, 0.2) is 9.59 Å². The van der Waals surface area contributed by atoms with Crippen LogP contribution in [0.5, 0.6) is 0 Å². The van der Waals surface area contributed by atoms with Crippen LogP contribution >= 0.6 is 0 Å². The smallest absolute Gasteiger partial charge is 0.324 e. The first-order chi connectivity index (χ1) is 7.06. The van der Waals surface area contributed by atoms with E-state index in [4.69, 9.17) is 5.73 Å². The second kappa shape index (κ2) is 3.06. The number of hydrogen-bond acceptors (Lipinski definition) is 4. The van der Waals surface area contributed by atoms with Gasteiger partial charge in [0.1, 0.15) is 5.82 Å². The maximum Gasteiger partial charge on any atom is 0.329 e. The van der Waals surface area contributed by atoms with Crippen LogP contribution in [0.1, 0.15) is 5.82 Å². The fraction of sp³-hybridized carbons (Fsp3) is 0.375. The van der Waals surface area contributed by atoms with Gasteiger partial charge in [-0.1, -0.05) is 0 Å². The topological polar surface area (TPSA) is 98.7 Å². The van der Waals surface area contributed by atoms with Crippen LogP contribution in [0.3, 0.4) is 0 Å². The molecule has 0 saturated heterocycles. The Bertz CT molecular complexity index is 633. The highest BCUT2D eigenvalue weighted by molar-refractivity contribution is 5.70. The van der Waals surface area contributed by atoms with Crippen LogP contribution in [0.2, 0.25) is 0 Å². The summed E-state index contributed by atoms with van der Waals surface area (Å²) in [5.41, 5.74) is 5.26. The Labute approximate surface area is 84.2 Å². The number of H-pyrrole nitrogens is 1. The molecule has 2 aromatic rings. The van der Waals surface area contributed by atoms with E-state index in [0.29, 0.717) is 17.0 Å². The van der Waals surface area contributed by atoms with Crippen LogP contribution < -0.4 is 17.0 Å². The molecule has 0 fully saturated rings. The Morgan fingerprint density at radius 2 is 2.00 bits per heavy atom. The van der Waals surface area contributed by atoms with Gasteiger partial charge in [0.25, 0.3) is 5.56 Å². The Kier molecular flexibility index (Phi) is 1.97. The monoisotopic (exact) mass is 209 g/mol. The standard InChI is InChI=1S/C8H11N5O2/c1-12-4(3-9)10-6-5(12)7(14)11-8(15)13(6)2/h3,9H2,1-2H3,(H,11,14,15). The van der Waals surface area contributed by atoms with Crippen molar-refractivity contribution in [2.75, 3.05) is 0 Å². The number of nitrogens with one attached hydrogen (secondary N) is 1. The molecule has 2 rings (SSSR count). The van der Waals surface area contributed by atoms with Crippen molar-refractivity contribution < 1.29 is 0 Å². The zero-order valence-corrected chi connectivity index (χ0v) is 8.44. The molecule has 7 nitrogen and oxygen atoms in total. The number of imidazole rings is 1. The van der Waals surface area contributed by atoms with E-state index in [0.717, 1.165) is 0 Å². The summed E-state index contributed by atoms with van der Waals surface area (Å²) in [6, 6.07) is 0. The summed E-state index contributed by atoms with van der Waals surface area (Å²) in [4.78, 5) is 29.2. The van der Waals surface area contributed by atoms with E-state index in [9.17, 15) is 9.59 Å². The minimum Gasteiger partial charge on any atom is -0.324 e. The summed E-state index contributed by atoms with van der Waals surface area (Å²) in [6.45, 7) is 0.221. The molecule has 0 aromatic carbocycles. The Morgan fingerprint density at radius 3 is 2.60 bits per heavy atom. The molecule has 0 saturated carbocycles. The molecule has 2 heterocycles. The number of aromatic amines is 1. The summed E-state index contributed by atoms with van der Waals surface area (Å²) in [5.74, 6) is 0.566. The molecular weight excluding hydrogens is 198 g/mol. The third-order valence-electron chi connectivity index (χ3n) is 2.41. The number of fused-ring (bicyclic) bond motifs is 1. The van der Waals surface area contributed by atoms with Crippen molar-refractivity contribution in [1.82, 2.24) is 19.1 Å². The van der Waals surface area contributed by atoms with Gasteiger partial charge in [-0.15, -0.1) is 0 Å². The lowest BCUT2D eigenvalue weighted by molar-refractivity contribution is 0.810. The SMILES string of the molecule is Cn1c(CN)nc2c1c(=O)[nH]c(=O)n2C. The fourth-order valence-electron chi connectivity index (χ4n) is 1.54. The first kappa shape index (κ1) is 9.66. The summed E-state index contributed by atoms with van der Waals surface area (Å²) >= 11 is 0. The molecule has 0 radical (unpaired) electrons. The highest BCUT2D eigenvalue weighted by atomic mass is 16.2. The molecule has 0 bridgehead atoms. The van der Waals surface area contributed by atoms with Gasteiger partial charge in [0.15, 0.2) is 11.2 Å². The van der Waals surface area contributed by atoms with Crippen LogP contribution in [0.25, 0.3) is 11.2 Å². The van der Waals surface area contributed by atoms with Gasteiger partial charge in [0, 0.05) is 14.1 Å². The van der Waals surface area contributed by atoms with E-state index >= 15 is 0 Å². The van der Waals surface area contributed by atoms with Crippen LogP contribution in [0, 0.1) is 0 Å². The predicted octanol–water partition coefficient (Wildman–Crippen LogP) is -1.58. The van der Waals surface area contributed by atoms with Crippen molar-refractivity contribution in [3.63, 3.8) is 0 Å². The molecule has 2 aromatic heterocycles. The Morgan fingerprint density at radius 1 is 1.33 bits per heavy atom. The normalized spacial score (nSPS) is 11.1. The molecule has 80 valence electrons. The van der Waals surface area contributed by atoms with Gasteiger partial charge in [0.05, 0.1) is 6.54 Å². The number of aryl methyl sites for hydroxylation is 2. The summed E-state index contributed by atoms with van der Waals surface area (Å²) in [6.07, 6.45) is 0. The molecule has 0 aliphatic heterocycles. The summed E-state index contributed by atoms with van der Waals surface area (Å²) in [5, 5.41) is 0. The quantitative estimate of drug-likeness (QED) is 0.592. The average Bonchev–Trinajstić information content (AvgIpc) is 2.53. The van der Waals surface area contributed by atoms with Crippen molar-refractivity contribution in [3.05, 3.63) is 26.7 Å². The van der Waals surface area contributed by atoms with Gasteiger partial charge < -0.3 is 10.3 Å². The maximum atomic E-state index is 11.5. The highest BCUT2D eigenvalue weighted by Crippen LogP contribution is 2.06. The zero-order valence-electron chi connectivity index (χ0n) is 8.44. The van der Waals surface area contributed by atoms with Gasteiger partial charge in [0.2, 0.25) is 0 Å². The lowest BCUT2D eigenvalue weighted by atomic mass is 10.5. The molecule has 7 heteroatoms. The number of aromatic nitrogens is 4. The molecule has 15 heavy (non-hydrogen) atoms. The molecule has 0 aliphatic carbocycles. The van der Waals surface area contributed by atoms with E-state index in [1.807, 2.05) is 0 Å². The molecule has 0 spiro atoms. The lowest BCUT2D eigenvalue weighted by Gasteiger charge is -1.98. The van der Waals surface area contributed by atoms with Crippen molar-refractivity contribution in [3.8, 4) is 0 Å². The molecular formula is C8H11N5O2. The highest BCUT2D eigenvalue weighted by Gasteiger charge is 2.13. The number of nitrogens with two attached hydrogens (primary N) is 1. The van der Waals surface area contributed by atoms with Gasteiger partial charge in [-0.3, -0.25) is 14.3 Å². The van der Waals surface area contributed by atoms with Crippen LogP contribution in [-0.4, -0.2) is 19.1 Å². The van der Waals surface area contributed by atoms with E-state index in [2.05, 4.69) is 9.97 Å². The second-order valence-corrected chi connectivity index (χ2v) is 3.28. The number of hydrogen-bond donors (Lipinski definition) is 2. The molecule has 3 N–H and O–H groups in total. The molecule has 0 unspecified atom stereocenters.